The van der Waals surface area contributed by atoms with Crippen molar-refractivity contribution in [3.63, 3.8) is 0 Å². The standard InChI is InChI=1S/C38H38N2O4/c1-37(2)20-24(40-36(42)34-27-14-6-10-18-31(27)44-32-19-11-7-15-28(32)34)21-38(3,22-37)23-39-35(41)33-25-12-4-8-16-29(25)43-30-17-9-5-13-26(30)33/h4-19,24,33-34H,20-23H2,1-3H3,(H,39,41)(H,40,42)/t24-,38+/m0/s1. The molecule has 0 bridgehead atoms. The zero-order valence-electron chi connectivity index (χ0n) is 25.4. The number of ether oxygens (including phenoxy) is 2. The minimum absolute atomic E-state index is 0.0148. The highest BCUT2D eigenvalue weighted by atomic mass is 16.5. The first kappa shape index (κ1) is 28.2. The minimum atomic E-state index is -0.444. The highest BCUT2D eigenvalue weighted by Crippen LogP contribution is 2.48. The van der Waals surface area contributed by atoms with Crippen LogP contribution in [-0.4, -0.2) is 24.4 Å². The average molecular weight is 587 g/mol. The van der Waals surface area contributed by atoms with Crippen LogP contribution in [0.15, 0.2) is 97.1 Å². The van der Waals surface area contributed by atoms with Crippen molar-refractivity contribution >= 4 is 11.8 Å². The fraction of sp³-hybridized carbons (Fsp3) is 0.316. The van der Waals surface area contributed by atoms with Crippen LogP contribution >= 0.6 is 0 Å². The smallest absolute Gasteiger partial charge is 0.232 e. The molecular weight excluding hydrogens is 548 g/mol. The summed E-state index contributed by atoms with van der Waals surface area (Å²) in [6.07, 6.45) is 2.59. The first-order valence-electron chi connectivity index (χ1n) is 15.5. The van der Waals surface area contributed by atoms with Crippen LogP contribution in [0, 0.1) is 10.8 Å². The predicted octanol–water partition coefficient (Wildman–Crippen LogP) is 7.68. The molecule has 0 spiro atoms. The molecule has 1 saturated carbocycles. The average Bonchev–Trinajstić information content (AvgIpc) is 3.00. The van der Waals surface area contributed by atoms with Crippen LogP contribution in [0.5, 0.6) is 23.0 Å². The summed E-state index contributed by atoms with van der Waals surface area (Å²) in [6, 6.07) is 31.1. The Morgan fingerprint density at radius 3 is 1.50 bits per heavy atom. The van der Waals surface area contributed by atoms with Crippen LogP contribution in [0.2, 0.25) is 0 Å². The largest absolute Gasteiger partial charge is 0.457 e. The van der Waals surface area contributed by atoms with Crippen LogP contribution in [-0.2, 0) is 9.59 Å². The molecule has 0 unspecified atom stereocenters. The topological polar surface area (TPSA) is 76.7 Å². The number of carbonyl (C=O) groups excluding carboxylic acids is 2. The quantitative estimate of drug-likeness (QED) is 0.252. The Morgan fingerprint density at radius 1 is 0.636 bits per heavy atom. The maximum Gasteiger partial charge on any atom is 0.232 e. The molecule has 2 amide bonds. The molecule has 0 saturated heterocycles. The number of amides is 2. The fourth-order valence-electron chi connectivity index (χ4n) is 7.94. The number of nitrogens with one attached hydrogen (secondary N) is 2. The molecule has 6 heteroatoms. The van der Waals surface area contributed by atoms with Gasteiger partial charge in [-0.1, -0.05) is 93.6 Å². The number of carbonyl (C=O) groups is 2. The molecular formula is C38H38N2O4. The van der Waals surface area contributed by atoms with Gasteiger partial charge >= 0.3 is 0 Å². The Kier molecular flexibility index (Phi) is 6.95. The van der Waals surface area contributed by atoms with Gasteiger partial charge in [-0.25, -0.2) is 0 Å². The summed E-state index contributed by atoms with van der Waals surface area (Å²) in [5.74, 6) is 1.94. The Labute approximate surface area is 258 Å². The van der Waals surface area contributed by atoms with E-state index in [2.05, 4.69) is 31.4 Å². The van der Waals surface area contributed by atoms with Crippen molar-refractivity contribution in [3.8, 4) is 23.0 Å². The molecule has 2 aliphatic heterocycles. The van der Waals surface area contributed by atoms with E-state index in [-0.39, 0.29) is 28.7 Å². The van der Waals surface area contributed by atoms with Crippen molar-refractivity contribution in [1.29, 1.82) is 0 Å². The first-order chi connectivity index (χ1) is 21.2. The third-order valence-corrected chi connectivity index (χ3v) is 9.36. The second kappa shape index (κ2) is 10.8. The molecule has 44 heavy (non-hydrogen) atoms. The van der Waals surface area contributed by atoms with E-state index < -0.39 is 11.8 Å². The lowest BCUT2D eigenvalue weighted by Gasteiger charge is -2.47. The summed E-state index contributed by atoms with van der Waals surface area (Å²) < 4.78 is 12.3. The van der Waals surface area contributed by atoms with Crippen molar-refractivity contribution in [2.45, 2.75) is 57.9 Å². The molecule has 2 heterocycles. The van der Waals surface area contributed by atoms with Gasteiger partial charge in [0.15, 0.2) is 0 Å². The third-order valence-electron chi connectivity index (χ3n) is 9.36. The van der Waals surface area contributed by atoms with Gasteiger partial charge in [-0.2, -0.15) is 0 Å². The predicted molar refractivity (Wildman–Crippen MR) is 170 cm³/mol. The summed E-state index contributed by atoms with van der Waals surface area (Å²) in [4.78, 5) is 28.0. The van der Waals surface area contributed by atoms with Crippen molar-refractivity contribution in [2.75, 3.05) is 6.54 Å². The van der Waals surface area contributed by atoms with Gasteiger partial charge in [0, 0.05) is 34.8 Å². The second-order valence-electron chi connectivity index (χ2n) is 13.7. The molecule has 7 rings (SSSR count). The summed E-state index contributed by atoms with van der Waals surface area (Å²) >= 11 is 0. The van der Waals surface area contributed by atoms with Crippen LogP contribution in [0.25, 0.3) is 0 Å². The molecule has 2 N–H and O–H groups in total. The Hall–Kier alpha value is -4.58. The monoisotopic (exact) mass is 586 g/mol. The van der Waals surface area contributed by atoms with E-state index in [1.807, 2.05) is 97.1 Å². The van der Waals surface area contributed by atoms with E-state index in [9.17, 15) is 9.59 Å². The Balaban J connectivity index is 1.10. The zero-order chi connectivity index (χ0) is 30.5. The van der Waals surface area contributed by atoms with Gasteiger partial charge in [-0.15, -0.1) is 0 Å². The molecule has 224 valence electrons. The first-order valence-corrected chi connectivity index (χ1v) is 15.5. The normalized spacial score (nSPS) is 21.8. The minimum Gasteiger partial charge on any atom is -0.457 e. The van der Waals surface area contributed by atoms with Crippen molar-refractivity contribution < 1.29 is 19.1 Å². The summed E-state index contributed by atoms with van der Waals surface area (Å²) in [5, 5.41) is 6.76. The summed E-state index contributed by atoms with van der Waals surface area (Å²) in [6.45, 7) is 7.27. The number of hydrogen-bond donors (Lipinski definition) is 2. The molecule has 1 aliphatic carbocycles. The summed E-state index contributed by atoms with van der Waals surface area (Å²) in [7, 11) is 0. The highest BCUT2D eigenvalue weighted by molar-refractivity contribution is 5.90. The maximum absolute atomic E-state index is 14.1. The maximum atomic E-state index is 14.1. The van der Waals surface area contributed by atoms with Gasteiger partial charge in [0.05, 0.1) is 11.8 Å². The van der Waals surface area contributed by atoms with Crippen LogP contribution in [0.4, 0.5) is 0 Å². The molecule has 0 aromatic heterocycles. The van der Waals surface area contributed by atoms with Crippen LogP contribution in [0.1, 0.15) is 74.1 Å². The van der Waals surface area contributed by atoms with Crippen molar-refractivity contribution in [2.24, 2.45) is 10.8 Å². The van der Waals surface area contributed by atoms with Crippen LogP contribution < -0.4 is 20.1 Å². The summed E-state index contributed by atoms with van der Waals surface area (Å²) in [5.41, 5.74) is 3.29. The molecule has 3 aliphatic rings. The molecule has 0 radical (unpaired) electrons. The van der Waals surface area contributed by atoms with Gasteiger partial charge < -0.3 is 20.1 Å². The number of benzene rings is 4. The highest BCUT2D eigenvalue weighted by Gasteiger charge is 2.44. The van der Waals surface area contributed by atoms with E-state index >= 15 is 0 Å². The van der Waals surface area contributed by atoms with Gasteiger partial charge in [-0.3, -0.25) is 9.59 Å². The SMILES string of the molecule is CC1(C)C[C@H](NC(=O)C2c3ccccc3Oc3ccccc32)C[C@@](C)(CNC(=O)C2c3ccccc3Oc3ccccc32)C1. The van der Waals surface area contributed by atoms with Gasteiger partial charge in [0.1, 0.15) is 23.0 Å². The Morgan fingerprint density at radius 2 is 1.05 bits per heavy atom. The molecule has 4 aromatic rings. The molecule has 2 atom stereocenters. The number of rotatable bonds is 5. The lowest BCUT2D eigenvalue weighted by Crippen LogP contribution is -2.51. The van der Waals surface area contributed by atoms with E-state index in [0.29, 0.717) is 6.54 Å². The number of fused-ring (bicyclic) bond motifs is 4. The lowest BCUT2D eigenvalue weighted by atomic mass is 9.62. The fourth-order valence-corrected chi connectivity index (χ4v) is 7.94. The van der Waals surface area contributed by atoms with Gasteiger partial charge in [-0.05, 0) is 54.4 Å². The number of para-hydroxylation sites is 4. The van der Waals surface area contributed by atoms with Gasteiger partial charge in [0.2, 0.25) is 11.8 Å². The Bertz CT molecular complexity index is 1660. The van der Waals surface area contributed by atoms with Crippen molar-refractivity contribution in [3.05, 3.63) is 119 Å². The lowest BCUT2D eigenvalue weighted by molar-refractivity contribution is -0.125. The molecule has 6 nitrogen and oxygen atoms in total. The van der Waals surface area contributed by atoms with E-state index in [1.165, 1.54) is 0 Å². The van der Waals surface area contributed by atoms with E-state index in [4.69, 9.17) is 9.47 Å². The molecule has 4 aromatic carbocycles. The van der Waals surface area contributed by atoms with Gasteiger partial charge in [0.25, 0.3) is 0 Å². The second-order valence-corrected chi connectivity index (χ2v) is 13.7. The van der Waals surface area contributed by atoms with Crippen LogP contribution in [0.3, 0.4) is 0 Å². The third kappa shape index (κ3) is 5.23. The van der Waals surface area contributed by atoms with E-state index in [0.717, 1.165) is 64.5 Å². The van der Waals surface area contributed by atoms with E-state index in [1.54, 1.807) is 0 Å². The van der Waals surface area contributed by atoms with Crippen molar-refractivity contribution in [1.82, 2.24) is 10.6 Å². The number of hydrogen-bond acceptors (Lipinski definition) is 4. The zero-order valence-corrected chi connectivity index (χ0v) is 25.4. The molecule has 1 fully saturated rings.